The summed E-state index contributed by atoms with van der Waals surface area (Å²) in [6, 6.07) is 0. The molecule has 0 heterocycles. The molecule has 0 aliphatic carbocycles. The van der Waals surface area contributed by atoms with Crippen LogP contribution in [0.4, 0.5) is 0 Å². The number of alkyl halides is 1. The Bertz CT molecular complexity index is 83.7. The number of halogens is 1. The van der Waals surface area contributed by atoms with Gasteiger partial charge in [-0.2, -0.15) is 0 Å². The van der Waals surface area contributed by atoms with Gasteiger partial charge in [-0.25, -0.2) is 0 Å². The molecule has 0 saturated heterocycles. The van der Waals surface area contributed by atoms with Crippen molar-refractivity contribution in [1.82, 2.24) is 0 Å². The van der Waals surface area contributed by atoms with Crippen molar-refractivity contribution in [2.24, 2.45) is 0 Å². The molecule has 3 heteroatoms. The lowest BCUT2D eigenvalue weighted by molar-refractivity contribution is 0.582. The number of hydrogen-bond acceptors (Lipinski definition) is 1. The fourth-order valence-electron chi connectivity index (χ4n) is 0.0845. The van der Waals surface area contributed by atoms with E-state index in [1.165, 1.54) is 0 Å². The summed E-state index contributed by atoms with van der Waals surface area (Å²) in [4.78, 5) is 0. The molecule has 0 aliphatic rings. The Kier molecular flexibility index (Phi) is 3.18. The third-order valence-electron chi connectivity index (χ3n) is 0.922. The van der Waals surface area contributed by atoms with Crippen LogP contribution in [0.2, 0.25) is 0 Å². The van der Waals surface area contributed by atoms with Crippen molar-refractivity contribution in [3.63, 3.8) is 0 Å². The van der Waals surface area contributed by atoms with Crippen LogP contribution >= 0.6 is 23.1 Å². The van der Waals surface area contributed by atoms with Crippen LogP contribution in [0.5, 0.6) is 0 Å². The monoisotopic (exact) mass is 184 g/mol. The molecule has 0 saturated carbocycles. The fraction of sp³-hybridized carbons (Fsp3) is 1.00. The highest BCUT2D eigenvalue weighted by molar-refractivity contribution is 9.10. The quantitative estimate of drug-likeness (QED) is 0.476. The van der Waals surface area contributed by atoms with Gasteiger partial charge in [0.15, 0.2) is 0 Å². The minimum Gasteiger partial charge on any atom is -0.323 e. The molecule has 0 aromatic rings. The van der Waals surface area contributed by atoms with Crippen molar-refractivity contribution in [2.75, 3.05) is 17.9 Å². The van der Waals surface area contributed by atoms with Gasteiger partial charge >= 0.3 is 0 Å². The fourth-order valence-corrected chi connectivity index (χ4v) is 1.32. The normalized spacial score (nSPS) is 18.7. The summed E-state index contributed by atoms with van der Waals surface area (Å²) >= 11 is 3.17. The van der Waals surface area contributed by atoms with Crippen molar-refractivity contribution in [3.8, 4) is 0 Å². The molecule has 0 radical (unpaired) electrons. The van der Waals surface area contributed by atoms with Crippen LogP contribution < -0.4 is 0 Å². The van der Waals surface area contributed by atoms with Crippen LogP contribution in [-0.4, -0.2) is 17.9 Å². The maximum absolute atomic E-state index is 10.9. The Morgan fingerprint density at radius 3 is 2.14 bits per heavy atom. The van der Waals surface area contributed by atoms with E-state index in [1.807, 2.05) is 13.6 Å². The highest BCUT2D eigenvalue weighted by atomic mass is 79.9. The van der Waals surface area contributed by atoms with E-state index in [9.17, 15) is 4.57 Å². The summed E-state index contributed by atoms with van der Waals surface area (Å²) in [5.41, 5.74) is 0. The number of hydrogen-bond donors (Lipinski definition) is 0. The largest absolute Gasteiger partial charge is 0.323 e. The highest BCUT2D eigenvalue weighted by Crippen LogP contribution is 2.41. The van der Waals surface area contributed by atoms with E-state index in [-0.39, 0.29) is 0 Å². The Balaban J connectivity index is 3.61. The maximum Gasteiger partial charge on any atom is 0.0946 e. The third-order valence-corrected chi connectivity index (χ3v) is 5.95. The summed E-state index contributed by atoms with van der Waals surface area (Å²) in [5.74, 6) is 0. The molecular weight excluding hydrogens is 175 g/mol. The SMILES string of the molecule is CCP(C)(=O)CBr. The van der Waals surface area contributed by atoms with Crippen molar-refractivity contribution >= 4 is 23.1 Å². The van der Waals surface area contributed by atoms with E-state index in [4.69, 9.17) is 0 Å². The lowest BCUT2D eigenvalue weighted by Crippen LogP contribution is -1.80. The van der Waals surface area contributed by atoms with E-state index in [0.717, 1.165) is 6.16 Å². The van der Waals surface area contributed by atoms with Gasteiger partial charge in [-0.1, -0.05) is 22.9 Å². The highest BCUT2D eigenvalue weighted by Gasteiger charge is 2.07. The van der Waals surface area contributed by atoms with Gasteiger partial charge < -0.3 is 4.57 Å². The molecule has 44 valence electrons. The summed E-state index contributed by atoms with van der Waals surface area (Å²) in [6.45, 7) is 3.75. The Morgan fingerprint density at radius 2 is 2.14 bits per heavy atom. The first-order valence-corrected chi connectivity index (χ1v) is 5.88. The zero-order valence-corrected chi connectivity index (χ0v) is 7.13. The molecule has 0 aromatic carbocycles. The molecular formula is C4H10BrOP. The second-order valence-corrected chi connectivity index (χ2v) is 6.70. The summed E-state index contributed by atoms with van der Waals surface area (Å²) in [6.07, 6.45) is 0.804. The number of rotatable bonds is 2. The minimum atomic E-state index is -1.74. The standard InChI is InChI=1S/C4H10BrOP/c1-3-7(2,6)4-5/h3-4H2,1-2H3. The molecule has 1 unspecified atom stereocenters. The first-order chi connectivity index (χ1) is 3.12. The van der Waals surface area contributed by atoms with Gasteiger partial charge in [0.1, 0.15) is 0 Å². The first kappa shape index (κ1) is 7.71. The van der Waals surface area contributed by atoms with Crippen molar-refractivity contribution < 1.29 is 4.57 Å². The second-order valence-electron chi connectivity index (χ2n) is 1.73. The first-order valence-electron chi connectivity index (χ1n) is 2.24. The van der Waals surface area contributed by atoms with E-state index in [1.54, 1.807) is 0 Å². The summed E-state index contributed by atoms with van der Waals surface area (Å²) in [5, 5.41) is 0.663. The van der Waals surface area contributed by atoms with Crippen molar-refractivity contribution in [1.29, 1.82) is 0 Å². The predicted molar refractivity (Wildman–Crippen MR) is 37.9 cm³/mol. The molecule has 7 heavy (non-hydrogen) atoms. The van der Waals surface area contributed by atoms with E-state index in [2.05, 4.69) is 15.9 Å². The summed E-state index contributed by atoms with van der Waals surface area (Å²) in [7, 11) is -1.74. The van der Waals surface area contributed by atoms with E-state index in [0.29, 0.717) is 5.07 Å². The molecule has 0 N–H and O–H groups in total. The molecule has 0 spiro atoms. The smallest absolute Gasteiger partial charge is 0.0946 e. The molecule has 0 amide bonds. The lowest BCUT2D eigenvalue weighted by atomic mass is 11.0. The van der Waals surface area contributed by atoms with Crippen molar-refractivity contribution in [2.45, 2.75) is 6.92 Å². The molecule has 0 aliphatic heterocycles. The van der Waals surface area contributed by atoms with Crippen molar-refractivity contribution in [3.05, 3.63) is 0 Å². The lowest BCUT2D eigenvalue weighted by Gasteiger charge is -2.01. The molecule has 0 bridgehead atoms. The second kappa shape index (κ2) is 2.88. The van der Waals surface area contributed by atoms with Gasteiger partial charge in [0.2, 0.25) is 0 Å². The Morgan fingerprint density at radius 1 is 1.71 bits per heavy atom. The predicted octanol–water partition coefficient (Wildman–Crippen LogP) is 2.35. The molecule has 1 nitrogen and oxygen atoms in total. The summed E-state index contributed by atoms with van der Waals surface area (Å²) < 4.78 is 10.9. The van der Waals surface area contributed by atoms with Gasteiger partial charge in [-0.05, 0) is 12.8 Å². The zero-order valence-electron chi connectivity index (χ0n) is 4.65. The van der Waals surface area contributed by atoms with Crippen LogP contribution in [0.25, 0.3) is 0 Å². The van der Waals surface area contributed by atoms with Gasteiger partial charge in [0.05, 0.1) is 12.2 Å². The van der Waals surface area contributed by atoms with Crippen LogP contribution in [0.15, 0.2) is 0 Å². The molecule has 1 atom stereocenters. The molecule has 0 aromatic heterocycles. The van der Waals surface area contributed by atoms with Crippen LogP contribution in [0, 0.1) is 0 Å². The van der Waals surface area contributed by atoms with E-state index >= 15 is 0 Å². The van der Waals surface area contributed by atoms with Crippen LogP contribution in [0.3, 0.4) is 0 Å². The minimum absolute atomic E-state index is 0.663. The molecule has 0 fully saturated rings. The zero-order chi connectivity index (χ0) is 5.91. The molecule has 0 rings (SSSR count). The topological polar surface area (TPSA) is 17.1 Å². The Labute approximate surface area is 53.0 Å². The van der Waals surface area contributed by atoms with Crippen LogP contribution in [0.1, 0.15) is 6.92 Å². The van der Waals surface area contributed by atoms with Gasteiger partial charge in [0, 0.05) is 0 Å². The third kappa shape index (κ3) is 3.31. The van der Waals surface area contributed by atoms with Crippen LogP contribution in [-0.2, 0) is 4.57 Å². The van der Waals surface area contributed by atoms with Gasteiger partial charge in [-0.15, -0.1) is 0 Å². The van der Waals surface area contributed by atoms with Gasteiger partial charge in [-0.3, -0.25) is 0 Å². The average molecular weight is 185 g/mol. The maximum atomic E-state index is 10.9. The average Bonchev–Trinajstić information content (AvgIpc) is 1.68. The van der Waals surface area contributed by atoms with E-state index < -0.39 is 7.14 Å². The Hall–Kier alpha value is 0.710. The van der Waals surface area contributed by atoms with Gasteiger partial charge in [0.25, 0.3) is 0 Å².